The number of hydrogen-bond donors (Lipinski definition) is 2. The molecule has 2 rings (SSSR count). The van der Waals surface area contributed by atoms with Gasteiger partial charge in [-0.05, 0) is 56.5 Å². The first kappa shape index (κ1) is 17.7. The van der Waals surface area contributed by atoms with Crippen LogP contribution in [0.2, 0.25) is 5.02 Å². The molecule has 22 heavy (non-hydrogen) atoms. The number of hydrogen-bond acceptors (Lipinski definition) is 4. The van der Waals surface area contributed by atoms with Crippen molar-refractivity contribution >= 4 is 11.6 Å². The van der Waals surface area contributed by atoms with Crippen LogP contribution in [0.4, 0.5) is 0 Å². The van der Waals surface area contributed by atoms with E-state index in [9.17, 15) is 10.2 Å². The van der Waals surface area contributed by atoms with Crippen molar-refractivity contribution < 1.29 is 14.9 Å². The van der Waals surface area contributed by atoms with E-state index in [1.54, 1.807) is 0 Å². The van der Waals surface area contributed by atoms with Crippen molar-refractivity contribution in [3.05, 3.63) is 34.9 Å². The summed E-state index contributed by atoms with van der Waals surface area (Å²) in [6.45, 7) is 5.40. The van der Waals surface area contributed by atoms with Crippen LogP contribution in [0.5, 0.6) is 0 Å². The molecule has 0 amide bonds. The van der Waals surface area contributed by atoms with E-state index in [0.29, 0.717) is 24.8 Å². The van der Waals surface area contributed by atoms with Crippen molar-refractivity contribution in [2.45, 2.75) is 32.0 Å². The Morgan fingerprint density at radius 2 is 1.86 bits per heavy atom. The summed E-state index contributed by atoms with van der Waals surface area (Å²) >= 11 is 5.88. The van der Waals surface area contributed by atoms with Crippen molar-refractivity contribution in [2.75, 3.05) is 32.8 Å². The predicted molar refractivity (Wildman–Crippen MR) is 88.1 cm³/mol. The summed E-state index contributed by atoms with van der Waals surface area (Å²) in [5, 5.41) is 21.1. The summed E-state index contributed by atoms with van der Waals surface area (Å²) in [4.78, 5) is 2.24. The molecule has 2 unspecified atom stereocenters. The molecule has 1 aromatic carbocycles. The lowest BCUT2D eigenvalue weighted by Gasteiger charge is -2.35. The molecule has 4 nitrogen and oxygen atoms in total. The molecule has 0 bridgehead atoms. The van der Waals surface area contributed by atoms with Crippen molar-refractivity contribution in [1.82, 2.24) is 4.90 Å². The fraction of sp³-hybridized carbons (Fsp3) is 0.647. The van der Waals surface area contributed by atoms with E-state index < -0.39 is 12.2 Å². The maximum Gasteiger partial charge on any atom is 0.0900 e. The quantitative estimate of drug-likeness (QED) is 0.808. The highest BCUT2D eigenvalue weighted by Gasteiger charge is 2.27. The zero-order chi connectivity index (χ0) is 15.9. The zero-order valence-electron chi connectivity index (χ0n) is 13.1. The minimum absolute atomic E-state index is 0.265. The van der Waals surface area contributed by atoms with Crippen LogP contribution in [0.15, 0.2) is 24.3 Å². The number of nitrogens with zero attached hydrogens (tertiary/aromatic N) is 1. The topological polar surface area (TPSA) is 52.9 Å². The summed E-state index contributed by atoms with van der Waals surface area (Å²) < 4.78 is 5.24. The Bertz CT molecular complexity index is 432. The van der Waals surface area contributed by atoms with Crippen LogP contribution in [0.25, 0.3) is 0 Å². The second-order valence-electron chi connectivity index (χ2n) is 5.95. The van der Waals surface area contributed by atoms with Gasteiger partial charge in [-0.1, -0.05) is 23.7 Å². The van der Waals surface area contributed by atoms with Crippen LogP contribution in [-0.2, 0) is 4.74 Å². The molecule has 2 N–H and O–H groups in total. The number of piperidine rings is 1. The Hall–Kier alpha value is -0.650. The van der Waals surface area contributed by atoms with E-state index in [1.165, 1.54) is 0 Å². The number of aliphatic hydroxyl groups is 2. The van der Waals surface area contributed by atoms with Gasteiger partial charge in [0.15, 0.2) is 0 Å². The number of halogens is 1. The van der Waals surface area contributed by atoms with Gasteiger partial charge in [0.2, 0.25) is 0 Å². The fourth-order valence-corrected chi connectivity index (χ4v) is 3.11. The molecule has 2 atom stereocenters. The Kier molecular flexibility index (Phi) is 7.12. The first-order valence-electron chi connectivity index (χ1n) is 8.01. The smallest absolute Gasteiger partial charge is 0.0900 e. The normalized spacial score (nSPS) is 20.0. The average Bonchev–Trinajstić information content (AvgIpc) is 2.54. The lowest BCUT2D eigenvalue weighted by Crippen LogP contribution is -2.41. The highest BCUT2D eigenvalue weighted by Crippen LogP contribution is 2.31. The summed E-state index contributed by atoms with van der Waals surface area (Å²) in [7, 11) is 0. The van der Waals surface area contributed by atoms with Gasteiger partial charge in [0, 0.05) is 18.2 Å². The van der Waals surface area contributed by atoms with Gasteiger partial charge in [-0.25, -0.2) is 0 Å². The molecule has 0 aliphatic carbocycles. The zero-order valence-corrected chi connectivity index (χ0v) is 13.9. The molecule has 1 aliphatic rings. The van der Waals surface area contributed by atoms with E-state index in [1.807, 2.05) is 31.2 Å². The number of ether oxygens (including phenoxy) is 1. The molecule has 1 saturated heterocycles. The maximum atomic E-state index is 10.5. The van der Waals surface area contributed by atoms with Crippen LogP contribution in [-0.4, -0.2) is 54.1 Å². The standard InChI is InChI=1S/C17H26ClNO3/c1-2-22-12-16(20)11-19-9-7-14(8-10-19)17(21)13-3-5-15(18)6-4-13/h3-6,14,16-17,20-21H,2,7-12H2,1H3. The minimum Gasteiger partial charge on any atom is -0.389 e. The Morgan fingerprint density at radius 1 is 1.23 bits per heavy atom. The van der Waals surface area contributed by atoms with Crippen LogP contribution < -0.4 is 0 Å². The Labute approximate surface area is 137 Å². The third-order valence-corrected chi connectivity index (χ3v) is 4.53. The third-order valence-electron chi connectivity index (χ3n) is 4.27. The molecule has 0 saturated carbocycles. The van der Waals surface area contributed by atoms with Crippen LogP contribution in [0.3, 0.4) is 0 Å². The lowest BCUT2D eigenvalue weighted by atomic mass is 9.87. The van der Waals surface area contributed by atoms with Gasteiger partial charge >= 0.3 is 0 Å². The SMILES string of the molecule is CCOCC(O)CN1CCC(C(O)c2ccc(Cl)cc2)CC1. The number of β-amino-alcohol motifs (C(OH)–C–C–N with tert-alkyl or cyclic N) is 1. The molecule has 0 spiro atoms. The fourth-order valence-electron chi connectivity index (χ4n) is 2.99. The third kappa shape index (κ3) is 5.21. The van der Waals surface area contributed by atoms with Crippen molar-refractivity contribution in [2.24, 2.45) is 5.92 Å². The van der Waals surface area contributed by atoms with Crippen LogP contribution in [0, 0.1) is 5.92 Å². The highest BCUT2D eigenvalue weighted by atomic mass is 35.5. The van der Waals surface area contributed by atoms with E-state index in [4.69, 9.17) is 16.3 Å². The summed E-state index contributed by atoms with van der Waals surface area (Å²) in [5.74, 6) is 0.265. The second-order valence-corrected chi connectivity index (χ2v) is 6.38. The largest absolute Gasteiger partial charge is 0.389 e. The summed E-state index contributed by atoms with van der Waals surface area (Å²) in [6, 6.07) is 7.43. The second kappa shape index (κ2) is 8.85. The monoisotopic (exact) mass is 327 g/mol. The maximum absolute atomic E-state index is 10.5. The van der Waals surface area contributed by atoms with E-state index >= 15 is 0 Å². The summed E-state index contributed by atoms with van der Waals surface area (Å²) in [6.07, 6.45) is 1.00. The molecule has 5 heteroatoms. The molecule has 0 radical (unpaired) electrons. The Balaban J connectivity index is 1.77. The van der Waals surface area contributed by atoms with Gasteiger partial charge in [0.25, 0.3) is 0 Å². The summed E-state index contributed by atoms with van der Waals surface area (Å²) in [5.41, 5.74) is 0.930. The molecule has 1 aliphatic heterocycles. The van der Waals surface area contributed by atoms with Gasteiger partial charge in [-0.2, -0.15) is 0 Å². The van der Waals surface area contributed by atoms with Gasteiger partial charge < -0.3 is 19.8 Å². The molecular weight excluding hydrogens is 302 g/mol. The van der Waals surface area contributed by atoms with Crippen LogP contribution in [0.1, 0.15) is 31.4 Å². The van der Waals surface area contributed by atoms with Crippen molar-refractivity contribution in [1.29, 1.82) is 0 Å². The van der Waals surface area contributed by atoms with Crippen molar-refractivity contribution in [3.8, 4) is 0 Å². The van der Waals surface area contributed by atoms with Gasteiger partial charge in [0.1, 0.15) is 0 Å². The molecule has 0 aromatic heterocycles. The number of likely N-dealkylation sites (tertiary alicyclic amines) is 1. The minimum atomic E-state index is -0.437. The molecule has 124 valence electrons. The molecular formula is C17H26ClNO3. The van der Waals surface area contributed by atoms with E-state index in [2.05, 4.69) is 4.90 Å². The van der Waals surface area contributed by atoms with Gasteiger partial charge in [-0.3, -0.25) is 0 Å². The van der Waals surface area contributed by atoms with Crippen LogP contribution >= 0.6 is 11.6 Å². The molecule has 1 fully saturated rings. The average molecular weight is 328 g/mol. The highest BCUT2D eigenvalue weighted by molar-refractivity contribution is 6.30. The lowest BCUT2D eigenvalue weighted by molar-refractivity contribution is 0.00418. The molecule has 1 heterocycles. The molecule has 1 aromatic rings. The van der Waals surface area contributed by atoms with Crippen molar-refractivity contribution in [3.63, 3.8) is 0 Å². The van der Waals surface area contributed by atoms with E-state index in [-0.39, 0.29) is 5.92 Å². The van der Waals surface area contributed by atoms with Gasteiger partial charge in [-0.15, -0.1) is 0 Å². The predicted octanol–water partition coefficient (Wildman–Crippen LogP) is 2.48. The Morgan fingerprint density at radius 3 is 2.45 bits per heavy atom. The number of aliphatic hydroxyl groups excluding tert-OH is 2. The van der Waals surface area contributed by atoms with Gasteiger partial charge in [0.05, 0.1) is 18.8 Å². The van der Waals surface area contributed by atoms with E-state index in [0.717, 1.165) is 31.5 Å². The number of rotatable bonds is 7. The number of benzene rings is 1. The first-order chi connectivity index (χ1) is 10.6. The first-order valence-corrected chi connectivity index (χ1v) is 8.39.